The van der Waals surface area contributed by atoms with Crippen LogP contribution in [-0.4, -0.2) is 24.2 Å². The molecule has 104 valence electrons. The Hall–Kier alpha value is -0.113. The molecule has 0 radical (unpaired) electrons. The SMILES string of the molecule is C[Si](C)(C)CCOCn1cc(I)c2cnc(Cl)cc21. The minimum atomic E-state index is -1.02. The highest BCUT2D eigenvalue weighted by Gasteiger charge is 2.12. The molecule has 0 aliphatic carbocycles. The number of halogens is 2. The highest BCUT2D eigenvalue weighted by atomic mass is 127. The van der Waals surface area contributed by atoms with Crippen molar-refractivity contribution in [3.63, 3.8) is 0 Å². The van der Waals surface area contributed by atoms with Crippen molar-refractivity contribution in [2.45, 2.75) is 32.4 Å². The van der Waals surface area contributed by atoms with E-state index in [4.69, 9.17) is 16.3 Å². The fourth-order valence-electron chi connectivity index (χ4n) is 1.77. The van der Waals surface area contributed by atoms with Crippen molar-refractivity contribution < 1.29 is 4.74 Å². The van der Waals surface area contributed by atoms with E-state index in [0.717, 1.165) is 17.5 Å². The summed E-state index contributed by atoms with van der Waals surface area (Å²) in [7, 11) is -1.02. The first-order valence-corrected chi connectivity index (χ1v) is 11.4. The third-order valence-corrected chi connectivity index (χ3v) is 5.68. The molecule has 0 N–H and O–H groups in total. The van der Waals surface area contributed by atoms with Gasteiger partial charge in [0.05, 0.1) is 5.52 Å². The summed E-state index contributed by atoms with van der Waals surface area (Å²) in [4.78, 5) is 4.12. The smallest absolute Gasteiger partial charge is 0.131 e. The quantitative estimate of drug-likeness (QED) is 0.313. The van der Waals surface area contributed by atoms with E-state index in [2.05, 4.69) is 58.0 Å². The number of hydrogen-bond donors (Lipinski definition) is 0. The third kappa shape index (κ3) is 4.17. The van der Waals surface area contributed by atoms with Crippen LogP contribution in [0.4, 0.5) is 0 Å². The van der Waals surface area contributed by atoms with E-state index in [-0.39, 0.29) is 0 Å². The Morgan fingerprint density at radius 1 is 1.42 bits per heavy atom. The van der Waals surface area contributed by atoms with Gasteiger partial charge < -0.3 is 9.30 Å². The molecule has 2 rings (SSSR count). The third-order valence-electron chi connectivity index (χ3n) is 2.91. The summed E-state index contributed by atoms with van der Waals surface area (Å²) in [6.45, 7) is 8.47. The molecule has 0 fully saturated rings. The highest BCUT2D eigenvalue weighted by molar-refractivity contribution is 14.1. The van der Waals surface area contributed by atoms with Gasteiger partial charge in [0.25, 0.3) is 0 Å². The molecule has 0 unspecified atom stereocenters. The number of fused-ring (bicyclic) bond motifs is 1. The van der Waals surface area contributed by atoms with Gasteiger partial charge in [-0.3, -0.25) is 0 Å². The molecule has 0 saturated heterocycles. The molecular weight excluding hydrogens is 391 g/mol. The Morgan fingerprint density at radius 2 is 2.16 bits per heavy atom. The Kier molecular flexibility index (Phi) is 4.92. The average Bonchev–Trinajstić information content (AvgIpc) is 2.60. The molecule has 0 bridgehead atoms. The zero-order chi connectivity index (χ0) is 14.0. The lowest BCUT2D eigenvalue weighted by Crippen LogP contribution is -2.21. The van der Waals surface area contributed by atoms with Crippen LogP contribution >= 0.6 is 34.2 Å². The van der Waals surface area contributed by atoms with Crippen molar-refractivity contribution in [3.8, 4) is 0 Å². The molecule has 0 amide bonds. The van der Waals surface area contributed by atoms with Crippen molar-refractivity contribution in [2.75, 3.05) is 6.61 Å². The van der Waals surface area contributed by atoms with Gasteiger partial charge in [-0.1, -0.05) is 31.2 Å². The predicted molar refractivity (Wildman–Crippen MR) is 91.6 cm³/mol. The molecule has 0 aliphatic heterocycles. The van der Waals surface area contributed by atoms with Crippen LogP contribution in [0.25, 0.3) is 10.9 Å². The van der Waals surface area contributed by atoms with Crippen LogP contribution in [0.2, 0.25) is 30.8 Å². The number of pyridine rings is 1. The van der Waals surface area contributed by atoms with Gasteiger partial charge in [-0.15, -0.1) is 0 Å². The zero-order valence-electron chi connectivity index (χ0n) is 11.4. The lowest BCUT2D eigenvalue weighted by molar-refractivity contribution is 0.0902. The minimum absolute atomic E-state index is 0.519. The fourth-order valence-corrected chi connectivity index (χ4v) is 3.43. The number of ether oxygens (including phenoxy) is 1. The molecule has 2 aromatic heterocycles. The van der Waals surface area contributed by atoms with E-state index >= 15 is 0 Å². The van der Waals surface area contributed by atoms with Gasteiger partial charge in [-0.25, -0.2) is 4.98 Å². The van der Waals surface area contributed by atoms with E-state index in [1.54, 1.807) is 0 Å². The van der Waals surface area contributed by atoms with Crippen LogP contribution in [0.1, 0.15) is 0 Å². The van der Waals surface area contributed by atoms with E-state index in [0.29, 0.717) is 11.9 Å². The molecule has 0 saturated carbocycles. The molecule has 0 atom stereocenters. The largest absolute Gasteiger partial charge is 0.361 e. The molecular formula is C13H18ClIN2OSi. The molecule has 0 spiro atoms. The molecule has 3 nitrogen and oxygen atoms in total. The van der Waals surface area contributed by atoms with Gasteiger partial charge in [0, 0.05) is 36.0 Å². The van der Waals surface area contributed by atoms with E-state index in [1.165, 1.54) is 9.61 Å². The van der Waals surface area contributed by atoms with Gasteiger partial charge in [-0.2, -0.15) is 0 Å². The topological polar surface area (TPSA) is 27.1 Å². The van der Waals surface area contributed by atoms with Crippen LogP contribution < -0.4 is 0 Å². The maximum absolute atomic E-state index is 5.96. The number of hydrogen-bond acceptors (Lipinski definition) is 2. The Bertz CT molecular complexity index is 580. The lowest BCUT2D eigenvalue weighted by atomic mass is 10.3. The van der Waals surface area contributed by atoms with Crippen LogP contribution in [0.3, 0.4) is 0 Å². The first-order chi connectivity index (χ1) is 8.87. The average molecular weight is 409 g/mol. The first kappa shape index (κ1) is 15.3. The molecule has 2 aromatic rings. The predicted octanol–water partition coefficient (Wildman–Crippen LogP) is 4.61. The summed E-state index contributed by atoms with van der Waals surface area (Å²) < 4.78 is 9.05. The second kappa shape index (κ2) is 6.11. The Balaban J connectivity index is 2.07. The molecule has 2 heterocycles. The number of aromatic nitrogens is 2. The first-order valence-electron chi connectivity index (χ1n) is 6.24. The zero-order valence-corrected chi connectivity index (χ0v) is 15.3. The maximum Gasteiger partial charge on any atom is 0.131 e. The fraction of sp³-hybridized carbons (Fsp3) is 0.462. The molecule has 0 aliphatic rings. The summed E-state index contributed by atoms with van der Waals surface area (Å²) in [5.41, 5.74) is 1.08. The normalized spacial score (nSPS) is 12.3. The second-order valence-corrected chi connectivity index (χ2v) is 13.0. The lowest BCUT2D eigenvalue weighted by Gasteiger charge is -2.15. The van der Waals surface area contributed by atoms with Crippen molar-refractivity contribution in [2.24, 2.45) is 0 Å². The molecule has 0 aromatic carbocycles. The summed E-state index contributed by atoms with van der Waals surface area (Å²) >= 11 is 8.27. The van der Waals surface area contributed by atoms with Crippen LogP contribution in [0.5, 0.6) is 0 Å². The van der Waals surface area contributed by atoms with Gasteiger partial charge in [0.1, 0.15) is 11.9 Å². The van der Waals surface area contributed by atoms with Crippen LogP contribution in [0, 0.1) is 3.57 Å². The van der Waals surface area contributed by atoms with Crippen molar-refractivity contribution in [3.05, 3.63) is 27.2 Å². The van der Waals surface area contributed by atoms with Crippen molar-refractivity contribution in [1.29, 1.82) is 0 Å². The summed E-state index contributed by atoms with van der Waals surface area (Å²) in [5, 5.41) is 1.64. The Labute approximate surface area is 133 Å². The Morgan fingerprint density at radius 3 is 2.84 bits per heavy atom. The van der Waals surface area contributed by atoms with Crippen molar-refractivity contribution >= 4 is 53.2 Å². The van der Waals surface area contributed by atoms with Gasteiger partial charge in [-0.05, 0) is 34.7 Å². The highest BCUT2D eigenvalue weighted by Crippen LogP contribution is 2.24. The van der Waals surface area contributed by atoms with Crippen LogP contribution in [0.15, 0.2) is 18.5 Å². The molecule has 6 heteroatoms. The van der Waals surface area contributed by atoms with Gasteiger partial charge >= 0.3 is 0 Å². The summed E-state index contributed by atoms with van der Waals surface area (Å²) in [6.07, 6.45) is 3.90. The van der Waals surface area contributed by atoms with Gasteiger partial charge in [0.15, 0.2) is 0 Å². The molecule has 19 heavy (non-hydrogen) atoms. The van der Waals surface area contributed by atoms with Crippen LogP contribution in [-0.2, 0) is 11.5 Å². The second-order valence-electron chi connectivity index (χ2n) is 5.82. The minimum Gasteiger partial charge on any atom is -0.361 e. The van der Waals surface area contributed by atoms with E-state index in [1.807, 2.05) is 12.3 Å². The number of rotatable bonds is 5. The van der Waals surface area contributed by atoms with E-state index < -0.39 is 8.07 Å². The number of nitrogens with zero attached hydrogens (tertiary/aromatic N) is 2. The van der Waals surface area contributed by atoms with E-state index in [9.17, 15) is 0 Å². The van der Waals surface area contributed by atoms with Crippen molar-refractivity contribution in [1.82, 2.24) is 9.55 Å². The van der Waals surface area contributed by atoms with Gasteiger partial charge in [0.2, 0.25) is 0 Å². The summed E-state index contributed by atoms with van der Waals surface area (Å²) in [5.74, 6) is 0. The monoisotopic (exact) mass is 408 g/mol. The standard InChI is InChI=1S/C13H18ClIN2OSi/c1-19(2,3)5-4-18-9-17-8-11(15)10-7-16-13(14)6-12(10)17/h6-8H,4-5,9H2,1-3H3. The summed E-state index contributed by atoms with van der Waals surface area (Å²) in [6, 6.07) is 3.08. The maximum atomic E-state index is 5.96.